The van der Waals surface area contributed by atoms with E-state index in [9.17, 15) is 14.5 Å². The quantitative estimate of drug-likeness (QED) is 0.635. The maximum atomic E-state index is 13.1. The molecule has 0 radical (unpaired) electrons. The van der Waals surface area contributed by atoms with E-state index in [0.29, 0.717) is 11.5 Å². The van der Waals surface area contributed by atoms with Gasteiger partial charge in [-0.25, -0.2) is 4.39 Å². The zero-order valence-corrected chi connectivity index (χ0v) is 10.8. The lowest BCUT2D eigenvalue weighted by Gasteiger charge is -2.35. The first-order chi connectivity index (χ1) is 9.10. The number of benzene rings is 1. The smallest absolute Gasteiger partial charge is 0.275 e. The number of halogens is 1. The molecule has 0 aliphatic heterocycles. The fourth-order valence-corrected chi connectivity index (χ4v) is 2.32. The summed E-state index contributed by atoms with van der Waals surface area (Å²) in [6.07, 6.45) is 2.02. The van der Waals surface area contributed by atoms with Gasteiger partial charge in [0.15, 0.2) is 0 Å². The fourth-order valence-electron chi connectivity index (χ4n) is 2.32. The van der Waals surface area contributed by atoms with Crippen LogP contribution in [0.3, 0.4) is 0 Å². The van der Waals surface area contributed by atoms with E-state index in [4.69, 9.17) is 4.74 Å². The van der Waals surface area contributed by atoms with Crippen molar-refractivity contribution in [1.29, 1.82) is 0 Å². The van der Waals surface area contributed by atoms with Gasteiger partial charge < -0.3 is 10.1 Å². The molecule has 1 N–H and O–H groups in total. The average molecular weight is 268 g/mol. The number of nitrogens with zero attached hydrogens (tertiary/aromatic N) is 1. The van der Waals surface area contributed by atoms with Crippen molar-refractivity contribution in [2.45, 2.75) is 25.6 Å². The lowest BCUT2D eigenvalue weighted by Crippen LogP contribution is -2.36. The summed E-state index contributed by atoms with van der Waals surface area (Å²) in [5, 5.41) is 13.9. The molecule has 1 aromatic rings. The van der Waals surface area contributed by atoms with Crippen LogP contribution in [0.5, 0.6) is 0 Å². The molecule has 0 amide bonds. The van der Waals surface area contributed by atoms with Crippen LogP contribution in [0, 0.1) is 21.8 Å². The highest BCUT2D eigenvalue weighted by Crippen LogP contribution is 2.31. The highest BCUT2D eigenvalue weighted by Gasteiger charge is 2.29. The minimum atomic E-state index is -0.511. The molecule has 0 unspecified atom stereocenters. The molecule has 19 heavy (non-hydrogen) atoms. The average Bonchev–Trinajstić information content (AvgIpc) is 2.31. The second kappa shape index (κ2) is 6.08. The highest BCUT2D eigenvalue weighted by atomic mass is 19.1. The van der Waals surface area contributed by atoms with Crippen LogP contribution in [0.4, 0.5) is 10.1 Å². The summed E-state index contributed by atoms with van der Waals surface area (Å²) in [6, 6.07) is 3.44. The molecule has 1 aromatic carbocycles. The van der Waals surface area contributed by atoms with Crippen LogP contribution in [-0.2, 0) is 11.3 Å². The van der Waals surface area contributed by atoms with Crippen molar-refractivity contribution in [3.8, 4) is 0 Å². The number of hydrogen-bond acceptors (Lipinski definition) is 4. The standard InChI is InChI=1S/C13H17FN2O3/c1-15-7-9-4-12(5-9)19-8-10-6-11(14)2-3-13(10)16(17)18/h2-3,6,9,12,15H,4-5,7-8H2,1H3. The molecule has 5 nitrogen and oxygen atoms in total. The number of nitro groups is 1. The predicted octanol–water partition coefficient (Wildman–Crippen LogP) is 2.25. The minimum absolute atomic E-state index is 0.0883. The molecule has 1 aliphatic carbocycles. The second-order valence-corrected chi connectivity index (χ2v) is 4.86. The molecule has 104 valence electrons. The molecule has 0 aromatic heterocycles. The molecule has 0 atom stereocenters. The van der Waals surface area contributed by atoms with Gasteiger partial charge in [0, 0.05) is 6.07 Å². The third-order valence-electron chi connectivity index (χ3n) is 3.40. The first-order valence-corrected chi connectivity index (χ1v) is 6.29. The topological polar surface area (TPSA) is 64.4 Å². The summed E-state index contributed by atoms with van der Waals surface area (Å²) < 4.78 is 18.7. The van der Waals surface area contributed by atoms with Gasteiger partial charge in [-0.15, -0.1) is 0 Å². The molecule has 0 saturated heterocycles. The van der Waals surface area contributed by atoms with Crippen molar-refractivity contribution in [3.05, 3.63) is 39.7 Å². The summed E-state index contributed by atoms with van der Waals surface area (Å²) in [5.41, 5.74) is 0.203. The van der Waals surface area contributed by atoms with Crippen LogP contribution in [0.25, 0.3) is 0 Å². The first-order valence-electron chi connectivity index (χ1n) is 6.29. The Labute approximate surface area is 110 Å². The molecule has 2 rings (SSSR count). The number of nitrogens with one attached hydrogen (secondary N) is 1. The van der Waals surface area contributed by atoms with E-state index in [1.165, 1.54) is 12.1 Å². The third-order valence-corrected chi connectivity index (χ3v) is 3.40. The van der Waals surface area contributed by atoms with Crippen molar-refractivity contribution in [3.63, 3.8) is 0 Å². The van der Waals surface area contributed by atoms with Crippen LogP contribution in [0.15, 0.2) is 18.2 Å². The number of ether oxygens (including phenoxy) is 1. The molecular weight excluding hydrogens is 251 g/mol. The summed E-state index contributed by atoms with van der Waals surface area (Å²) in [7, 11) is 1.91. The molecular formula is C13H17FN2O3. The van der Waals surface area contributed by atoms with Crippen molar-refractivity contribution in [1.82, 2.24) is 5.32 Å². The molecule has 1 fully saturated rings. The normalized spacial score (nSPS) is 22.0. The van der Waals surface area contributed by atoms with E-state index in [-0.39, 0.29) is 18.4 Å². The molecule has 6 heteroatoms. The second-order valence-electron chi connectivity index (χ2n) is 4.86. The highest BCUT2D eigenvalue weighted by molar-refractivity contribution is 5.39. The maximum absolute atomic E-state index is 13.1. The lowest BCUT2D eigenvalue weighted by molar-refractivity contribution is -0.386. The molecule has 0 spiro atoms. The zero-order valence-electron chi connectivity index (χ0n) is 10.8. The summed E-state index contributed by atoms with van der Waals surface area (Å²) in [5.74, 6) is 0.128. The van der Waals surface area contributed by atoms with E-state index in [1.807, 2.05) is 7.05 Å². The van der Waals surface area contributed by atoms with Crippen molar-refractivity contribution in [2.75, 3.05) is 13.6 Å². The van der Waals surface area contributed by atoms with Crippen LogP contribution in [0.2, 0.25) is 0 Å². The molecule has 0 bridgehead atoms. The van der Waals surface area contributed by atoms with Gasteiger partial charge in [0.25, 0.3) is 5.69 Å². The van der Waals surface area contributed by atoms with Gasteiger partial charge in [0.05, 0.1) is 23.2 Å². The van der Waals surface area contributed by atoms with Crippen LogP contribution in [-0.4, -0.2) is 24.6 Å². The minimum Gasteiger partial charge on any atom is -0.373 e. The van der Waals surface area contributed by atoms with E-state index in [2.05, 4.69) is 5.32 Å². The Bertz CT molecular complexity index is 461. The Morgan fingerprint density at radius 2 is 2.26 bits per heavy atom. The Balaban J connectivity index is 1.89. The van der Waals surface area contributed by atoms with E-state index < -0.39 is 10.7 Å². The Kier molecular flexibility index (Phi) is 4.44. The molecule has 1 aliphatic rings. The van der Waals surface area contributed by atoms with Crippen molar-refractivity contribution in [2.24, 2.45) is 5.92 Å². The monoisotopic (exact) mass is 268 g/mol. The van der Waals surface area contributed by atoms with Gasteiger partial charge in [-0.2, -0.15) is 0 Å². The third kappa shape index (κ3) is 3.48. The molecule has 0 heterocycles. The van der Waals surface area contributed by atoms with Gasteiger partial charge in [-0.3, -0.25) is 10.1 Å². The van der Waals surface area contributed by atoms with E-state index in [0.717, 1.165) is 25.5 Å². The van der Waals surface area contributed by atoms with Crippen molar-refractivity contribution < 1.29 is 14.1 Å². The first kappa shape index (κ1) is 13.9. The van der Waals surface area contributed by atoms with Gasteiger partial charge in [-0.1, -0.05) is 0 Å². The Morgan fingerprint density at radius 3 is 2.89 bits per heavy atom. The lowest BCUT2D eigenvalue weighted by atomic mass is 9.82. The van der Waals surface area contributed by atoms with Gasteiger partial charge in [0.1, 0.15) is 5.82 Å². The Morgan fingerprint density at radius 1 is 1.53 bits per heavy atom. The number of hydrogen-bond donors (Lipinski definition) is 1. The summed E-state index contributed by atoms with van der Waals surface area (Å²) >= 11 is 0. The SMILES string of the molecule is CNCC1CC(OCc2cc(F)ccc2[N+](=O)[O-])C1. The van der Waals surface area contributed by atoms with Crippen LogP contribution in [0.1, 0.15) is 18.4 Å². The van der Waals surface area contributed by atoms with Crippen LogP contribution >= 0.6 is 0 Å². The van der Waals surface area contributed by atoms with E-state index >= 15 is 0 Å². The summed E-state index contributed by atoms with van der Waals surface area (Å²) in [4.78, 5) is 10.3. The van der Waals surface area contributed by atoms with Crippen LogP contribution < -0.4 is 5.32 Å². The zero-order chi connectivity index (χ0) is 13.8. The fraction of sp³-hybridized carbons (Fsp3) is 0.538. The molecule has 1 saturated carbocycles. The number of rotatable bonds is 6. The summed E-state index contributed by atoms with van der Waals surface area (Å²) in [6.45, 7) is 1.05. The predicted molar refractivity (Wildman–Crippen MR) is 68.3 cm³/mol. The largest absolute Gasteiger partial charge is 0.373 e. The van der Waals surface area contributed by atoms with Gasteiger partial charge in [-0.05, 0) is 44.5 Å². The maximum Gasteiger partial charge on any atom is 0.275 e. The van der Waals surface area contributed by atoms with Gasteiger partial charge >= 0.3 is 0 Å². The number of nitro benzene ring substituents is 1. The Hall–Kier alpha value is -1.53. The van der Waals surface area contributed by atoms with Gasteiger partial charge in [0.2, 0.25) is 0 Å². The van der Waals surface area contributed by atoms with Crippen molar-refractivity contribution >= 4 is 5.69 Å². The van der Waals surface area contributed by atoms with E-state index in [1.54, 1.807) is 0 Å².